The van der Waals surface area contributed by atoms with Crippen molar-refractivity contribution in [3.63, 3.8) is 0 Å². The zero-order chi connectivity index (χ0) is 21.1. The minimum absolute atomic E-state index is 0.320. The number of amides is 1. The zero-order valence-corrected chi connectivity index (χ0v) is 17.4. The highest BCUT2D eigenvalue weighted by molar-refractivity contribution is 6.06. The van der Waals surface area contributed by atoms with Crippen LogP contribution in [-0.2, 0) is 22.4 Å². The summed E-state index contributed by atoms with van der Waals surface area (Å²) in [5.74, 6) is -0.471. The van der Waals surface area contributed by atoms with Gasteiger partial charge in [0.2, 0.25) is 0 Å². The monoisotopic (exact) mass is 402 g/mol. The lowest BCUT2D eigenvalue weighted by Crippen LogP contribution is -2.22. The van der Waals surface area contributed by atoms with E-state index >= 15 is 0 Å². The third kappa shape index (κ3) is 3.92. The molecule has 1 aliphatic carbocycles. The van der Waals surface area contributed by atoms with Crippen molar-refractivity contribution in [3.05, 3.63) is 70.9 Å². The van der Waals surface area contributed by atoms with Crippen LogP contribution in [0.4, 0.5) is 5.69 Å². The largest absolute Gasteiger partial charge is 0.452 e. The lowest BCUT2D eigenvalue weighted by atomic mass is 9.97. The van der Waals surface area contributed by atoms with Crippen LogP contribution in [0.5, 0.6) is 0 Å². The fraction of sp³-hybridized carbons (Fsp3) is 0.320. The van der Waals surface area contributed by atoms with Crippen LogP contribution >= 0.6 is 0 Å². The molecule has 1 heterocycles. The minimum Gasteiger partial charge on any atom is -0.452 e. The highest BCUT2D eigenvalue weighted by atomic mass is 16.5. The number of carbonyl (C=O) groups is 2. The van der Waals surface area contributed by atoms with Crippen molar-refractivity contribution in [1.82, 2.24) is 4.98 Å². The van der Waals surface area contributed by atoms with Crippen molar-refractivity contribution in [2.24, 2.45) is 0 Å². The van der Waals surface area contributed by atoms with Gasteiger partial charge in [-0.05, 0) is 54.9 Å². The second-order valence-corrected chi connectivity index (χ2v) is 7.80. The van der Waals surface area contributed by atoms with Crippen molar-refractivity contribution in [2.75, 3.05) is 11.9 Å². The number of anilines is 1. The fourth-order valence-electron chi connectivity index (χ4n) is 4.09. The first-order valence-corrected chi connectivity index (χ1v) is 10.5. The number of carbonyl (C=O) groups excluding carboxylic acids is 2. The van der Waals surface area contributed by atoms with Crippen LogP contribution < -0.4 is 5.32 Å². The van der Waals surface area contributed by atoms with Gasteiger partial charge in [0.05, 0.1) is 11.1 Å². The molecule has 1 amide bonds. The molecule has 0 aliphatic heterocycles. The summed E-state index contributed by atoms with van der Waals surface area (Å²) in [5.41, 5.74) is 5.12. The lowest BCUT2D eigenvalue weighted by molar-refractivity contribution is -0.119. The van der Waals surface area contributed by atoms with E-state index in [0.29, 0.717) is 11.5 Å². The maximum atomic E-state index is 13.0. The number of ether oxygens (including phenoxy) is 1. The summed E-state index contributed by atoms with van der Waals surface area (Å²) in [6.45, 7) is 3.92. The number of rotatable bonds is 6. The molecule has 5 nitrogen and oxygen atoms in total. The van der Waals surface area contributed by atoms with Crippen LogP contribution in [-0.4, -0.2) is 23.5 Å². The normalized spacial score (nSPS) is 13.7. The van der Waals surface area contributed by atoms with Gasteiger partial charge in [0.1, 0.15) is 0 Å². The molecule has 3 aromatic rings. The number of aromatic nitrogens is 1. The van der Waals surface area contributed by atoms with Crippen LogP contribution in [0.25, 0.3) is 10.9 Å². The van der Waals surface area contributed by atoms with Crippen LogP contribution in [0, 0.1) is 0 Å². The van der Waals surface area contributed by atoms with Gasteiger partial charge in [0.25, 0.3) is 5.91 Å². The molecule has 154 valence electrons. The Morgan fingerprint density at radius 1 is 1.10 bits per heavy atom. The second-order valence-electron chi connectivity index (χ2n) is 7.80. The Balaban J connectivity index is 1.51. The number of para-hydroxylation sites is 2. The Labute approximate surface area is 176 Å². The molecule has 5 heteroatoms. The topological polar surface area (TPSA) is 68.3 Å². The highest BCUT2D eigenvalue weighted by Gasteiger charge is 2.25. The molecule has 1 aromatic heterocycles. The first kappa shape index (κ1) is 20.1. The van der Waals surface area contributed by atoms with Gasteiger partial charge < -0.3 is 10.1 Å². The average Bonchev–Trinajstić information content (AvgIpc) is 3.23. The van der Waals surface area contributed by atoms with Crippen LogP contribution in [0.2, 0.25) is 0 Å². The molecule has 30 heavy (non-hydrogen) atoms. The third-order valence-corrected chi connectivity index (χ3v) is 5.84. The van der Waals surface area contributed by atoms with E-state index in [2.05, 4.69) is 19.2 Å². The minimum atomic E-state index is -0.461. The Morgan fingerprint density at radius 2 is 1.87 bits per heavy atom. The molecule has 1 N–H and O–H groups in total. The Morgan fingerprint density at radius 3 is 2.70 bits per heavy atom. The summed E-state index contributed by atoms with van der Waals surface area (Å²) in [5, 5.41) is 3.68. The quantitative estimate of drug-likeness (QED) is 0.587. The molecule has 0 fully saturated rings. The van der Waals surface area contributed by atoms with Gasteiger partial charge in [-0.2, -0.15) is 0 Å². The Hall–Kier alpha value is -3.21. The summed E-state index contributed by atoms with van der Waals surface area (Å²) in [6.07, 6.45) is 3.63. The SMILES string of the molecule is CCC(C)c1ccccc1NC(=O)COC(=O)c1c2c(nc3ccccc13)CCC2. The third-order valence-electron chi connectivity index (χ3n) is 5.84. The molecule has 1 unspecified atom stereocenters. The van der Waals surface area contributed by atoms with Crippen LogP contribution in [0.3, 0.4) is 0 Å². The number of benzene rings is 2. The molecule has 0 saturated heterocycles. The molecular formula is C25H26N2O3. The number of fused-ring (bicyclic) bond motifs is 2. The number of hydrogen-bond acceptors (Lipinski definition) is 4. The molecule has 0 radical (unpaired) electrons. The number of nitrogens with zero attached hydrogens (tertiary/aromatic N) is 1. The summed E-state index contributed by atoms with van der Waals surface area (Å²) >= 11 is 0. The number of aryl methyl sites for hydroxylation is 1. The van der Waals surface area contributed by atoms with Gasteiger partial charge in [-0.25, -0.2) is 4.79 Å². The average molecular weight is 402 g/mol. The number of esters is 1. The molecule has 1 aliphatic rings. The Kier molecular flexibility index (Phi) is 5.79. The summed E-state index contributed by atoms with van der Waals surface area (Å²) in [4.78, 5) is 30.2. The van der Waals surface area contributed by atoms with E-state index in [-0.39, 0.29) is 12.5 Å². The smallest absolute Gasteiger partial charge is 0.339 e. The van der Waals surface area contributed by atoms with Crippen molar-refractivity contribution >= 4 is 28.5 Å². The van der Waals surface area contributed by atoms with Crippen LogP contribution in [0.15, 0.2) is 48.5 Å². The van der Waals surface area contributed by atoms with E-state index in [0.717, 1.165) is 59.1 Å². The van der Waals surface area contributed by atoms with E-state index < -0.39 is 5.97 Å². The Bertz CT molecular complexity index is 1110. The van der Waals surface area contributed by atoms with Gasteiger partial charge in [-0.3, -0.25) is 9.78 Å². The highest BCUT2D eigenvalue weighted by Crippen LogP contribution is 2.30. The summed E-state index contributed by atoms with van der Waals surface area (Å²) < 4.78 is 5.44. The number of hydrogen-bond donors (Lipinski definition) is 1. The maximum Gasteiger partial charge on any atom is 0.339 e. The van der Waals surface area contributed by atoms with Crippen molar-refractivity contribution < 1.29 is 14.3 Å². The molecule has 0 spiro atoms. The predicted octanol–water partition coefficient (Wildman–Crippen LogP) is 5.03. The van der Waals surface area contributed by atoms with Gasteiger partial charge in [0.15, 0.2) is 6.61 Å². The molecule has 0 saturated carbocycles. The van der Waals surface area contributed by atoms with E-state index in [4.69, 9.17) is 9.72 Å². The second kappa shape index (κ2) is 8.66. The maximum absolute atomic E-state index is 13.0. The van der Waals surface area contributed by atoms with E-state index in [9.17, 15) is 9.59 Å². The van der Waals surface area contributed by atoms with E-state index in [1.165, 1.54) is 0 Å². The molecular weight excluding hydrogens is 376 g/mol. The molecule has 4 rings (SSSR count). The van der Waals surface area contributed by atoms with Crippen molar-refractivity contribution in [3.8, 4) is 0 Å². The van der Waals surface area contributed by atoms with E-state index in [1.54, 1.807) is 0 Å². The van der Waals surface area contributed by atoms with Crippen molar-refractivity contribution in [1.29, 1.82) is 0 Å². The fourth-order valence-corrected chi connectivity index (χ4v) is 4.09. The van der Waals surface area contributed by atoms with E-state index in [1.807, 2.05) is 48.5 Å². The summed E-state index contributed by atoms with van der Waals surface area (Å²) in [6, 6.07) is 15.3. The first-order chi connectivity index (χ1) is 14.6. The molecule has 2 aromatic carbocycles. The predicted molar refractivity (Wildman–Crippen MR) is 118 cm³/mol. The van der Waals surface area contributed by atoms with Gasteiger partial charge in [-0.1, -0.05) is 50.2 Å². The first-order valence-electron chi connectivity index (χ1n) is 10.5. The van der Waals surface area contributed by atoms with Gasteiger partial charge in [-0.15, -0.1) is 0 Å². The van der Waals surface area contributed by atoms with Crippen molar-refractivity contribution in [2.45, 2.75) is 45.4 Å². The summed E-state index contributed by atoms with van der Waals surface area (Å²) in [7, 11) is 0. The number of pyridine rings is 1. The van der Waals surface area contributed by atoms with Gasteiger partial charge >= 0.3 is 5.97 Å². The lowest BCUT2D eigenvalue weighted by Gasteiger charge is -2.16. The van der Waals surface area contributed by atoms with Crippen LogP contribution in [0.1, 0.15) is 59.8 Å². The number of nitrogens with one attached hydrogen (secondary N) is 1. The molecule has 1 atom stereocenters. The molecule has 0 bridgehead atoms. The van der Waals surface area contributed by atoms with Gasteiger partial charge in [0, 0.05) is 16.8 Å². The zero-order valence-electron chi connectivity index (χ0n) is 17.4. The standard InChI is InChI=1S/C25H26N2O3/c1-3-16(2)17-9-4-6-12-20(17)27-23(28)15-30-25(29)24-18-10-5-7-13-21(18)26-22-14-8-11-19(22)24/h4-7,9-10,12-13,16H,3,8,11,14-15H2,1-2H3,(H,27,28).